The summed E-state index contributed by atoms with van der Waals surface area (Å²) in [5.74, 6) is -0.875. The molecule has 1 N–H and O–H groups in total. The van der Waals surface area contributed by atoms with Crippen molar-refractivity contribution in [1.29, 1.82) is 0 Å². The highest BCUT2D eigenvalue weighted by atomic mass is 32.2. The predicted molar refractivity (Wildman–Crippen MR) is 123 cm³/mol. The number of benzene rings is 2. The van der Waals surface area contributed by atoms with Crippen LogP contribution in [-0.4, -0.2) is 33.1 Å². The zero-order chi connectivity index (χ0) is 22.0. The van der Waals surface area contributed by atoms with Crippen molar-refractivity contribution < 1.29 is 14.4 Å². The van der Waals surface area contributed by atoms with Gasteiger partial charge in [-0.2, -0.15) is 0 Å². The van der Waals surface area contributed by atoms with Gasteiger partial charge in [0.15, 0.2) is 0 Å². The summed E-state index contributed by atoms with van der Waals surface area (Å²) in [7, 11) is 0. The van der Waals surface area contributed by atoms with E-state index >= 15 is 0 Å². The molecular weight excluding hydrogens is 410 g/mol. The minimum Gasteiger partial charge on any atom is -0.325 e. The fourth-order valence-electron chi connectivity index (χ4n) is 3.55. The number of imide groups is 1. The maximum absolute atomic E-state index is 12.8. The summed E-state index contributed by atoms with van der Waals surface area (Å²) in [6.45, 7) is 3.65. The minimum atomic E-state index is -0.456. The van der Waals surface area contributed by atoms with Gasteiger partial charge in [0.25, 0.3) is 11.1 Å². The molecule has 2 heterocycles. The molecule has 7 heteroatoms. The van der Waals surface area contributed by atoms with Crippen molar-refractivity contribution in [3.8, 4) is 5.69 Å². The van der Waals surface area contributed by atoms with E-state index in [2.05, 4.69) is 9.88 Å². The number of aromatic nitrogens is 1. The first-order valence-electron chi connectivity index (χ1n) is 9.78. The lowest BCUT2D eigenvalue weighted by molar-refractivity contribution is -0.127. The standard InChI is InChI=1S/C24H21N3O3S/c1-16-13-18(17(2)27(16)20-11-7-4-8-12-20)14-21-23(29)26(24(30)31-21)15-22(28)25-19-9-5-3-6-10-19/h3-14H,15H2,1-2H3,(H,25,28)/b21-14-. The Balaban J connectivity index is 1.53. The van der Waals surface area contributed by atoms with E-state index in [0.717, 1.165) is 39.3 Å². The quantitative estimate of drug-likeness (QED) is 0.591. The second kappa shape index (κ2) is 8.65. The normalized spacial score (nSPS) is 15.0. The van der Waals surface area contributed by atoms with Gasteiger partial charge in [-0.1, -0.05) is 36.4 Å². The summed E-state index contributed by atoms with van der Waals surface area (Å²) in [6, 6.07) is 20.8. The van der Waals surface area contributed by atoms with E-state index in [9.17, 15) is 14.4 Å². The van der Waals surface area contributed by atoms with E-state index < -0.39 is 17.1 Å². The van der Waals surface area contributed by atoms with E-state index in [1.165, 1.54) is 0 Å². The van der Waals surface area contributed by atoms with Gasteiger partial charge in [-0.3, -0.25) is 19.3 Å². The maximum atomic E-state index is 12.8. The molecular formula is C24H21N3O3S. The molecule has 6 nitrogen and oxygen atoms in total. The Bertz CT molecular complexity index is 1180. The third-order valence-electron chi connectivity index (χ3n) is 5.00. The Morgan fingerprint density at radius 3 is 2.32 bits per heavy atom. The van der Waals surface area contributed by atoms with Crippen LogP contribution in [-0.2, 0) is 9.59 Å². The van der Waals surface area contributed by atoms with Gasteiger partial charge in [0.2, 0.25) is 5.91 Å². The van der Waals surface area contributed by atoms with Crippen molar-refractivity contribution in [3.05, 3.63) is 88.6 Å². The zero-order valence-corrected chi connectivity index (χ0v) is 18.0. The van der Waals surface area contributed by atoms with Gasteiger partial charge in [-0.05, 0) is 67.6 Å². The van der Waals surface area contributed by atoms with E-state index in [-0.39, 0.29) is 6.54 Å². The summed E-state index contributed by atoms with van der Waals surface area (Å²) in [5.41, 5.74) is 4.50. The monoisotopic (exact) mass is 431 g/mol. The lowest BCUT2D eigenvalue weighted by Gasteiger charge is -2.12. The summed E-state index contributed by atoms with van der Waals surface area (Å²) in [6.07, 6.45) is 1.72. The number of para-hydroxylation sites is 2. The van der Waals surface area contributed by atoms with Crippen molar-refractivity contribution in [2.75, 3.05) is 11.9 Å². The number of carbonyl (C=O) groups excluding carboxylic acids is 3. The molecule has 1 aromatic heterocycles. The number of thioether (sulfide) groups is 1. The molecule has 0 saturated carbocycles. The SMILES string of the molecule is Cc1cc(/C=C2\SC(=O)N(CC(=O)Nc3ccccc3)C2=O)c(C)n1-c1ccccc1. The second-order valence-electron chi connectivity index (χ2n) is 7.18. The van der Waals surface area contributed by atoms with Crippen LogP contribution in [0.15, 0.2) is 71.6 Å². The molecule has 0 atom stereocenters. The van der Waals surface area contributed by atoms with Gasteiger partial charge in [0.05, 0.1) is 4.91 Å². The third-order valence-corrected chi connectivity index (χ3v) is 5.91. The smallest absolute Gasteiger partial charge is 0.294 e. The third kappa shape index (κ3) is 4.32. The Morgan fingerprint density at radius 1 is 1.00 bits per heavy atom. The maximum Gasteiger partial charge on any atom is 0.294 e. The Morgan fingerprint density at radius 2 is 1.65 bits per heavy atom. The number of anilines is 1. The van der Waals surface area contributed by atoms with Gasteiger partial charge in [0, 0.05) is 22.8 Å². The average Bonchev–Trinajstić information content (AvgIpc) is 3.18. The van der Waals surface area contributed by atoms with Gasteiger partial charge < -0.3 is 9.88 Å². The Kier molecular flexibility index (Phi) is 5.77. The van der Waals surface area contributed by atoms with Gasteiger partial charge in [-0.25, -0.2) is 0 Å². The molecule has 0 unspecified atom stereocenters. The van der Waals surface area contributed by atoms with Crippen LogP contribution < -0.4 is 5.32 Å². The van der Waals surface area contributed by atoms with Crippen molar-refractivity contribution in [2.45, 2.75) is 13.8 Å². The van der Waals surface area contributed by atoms with Crippen molar-refractivity contribution in [3.63, 3.8) is 0 Å². The molecule has 4 rings (SSSR count). The van der Waals surface area contributed by atoms with Crippen LogP contribution >= 0.6 is 11.8 Å². The number of hydrogen-bond donors (Lipinski definition) is 1. The predicted octanol–water partition coefficient (Wildman–Crippen LogP) is 4.77. The van der Waals surface area contributed by atoms with Crippen LogP contribution in [0.1, 0.15) is 17.0 Å². The topological polar surface area (TPSA) is 71.4 Å². The van der Waals surface area contributed by atoms with Crippen molar-refractivity contribution in [2.24, 2.45) is 0 Å². The largest absolute Gasteiger partial charge is 0.325 e. The summed E-state index contributed by atoms with van der Waals surface area (Å²) < 4.78 is 2.10. The summed E-state index contributed by atoms with van der Waals surface area (Å²) >= 11 is 0.854. The number of nitrogens with one attached hydrogen (secondary N) is 1. The van der Waals surface area contributed by atoms with Gasteiger partial charge >= 0.3 is 0 Å². The molecule has 1 aliphatic rings. The van der Waals surface area contributed by atoms with Crippen LogP contribution in [0.25, 0.3) is 11.8 Å². The van der Waals surface area contributed by atoms with E-state index in [0.29, 0.717) is 10.6 Å². The number of hydrogen-bond acceptors (Lipinski definition) is 4. The van der Waals surface area contributed by atoms with Crippen LogP contribution in [0.2, 0.25) is 0 Å². The average molecular weight is 432 g/mol. The lowest BCUT2D eigenvalue weighted by Crippen LogP contribution is -2.36. The Hall–Kier alpha value is -3.58. The molecule has 0 aliphatic carbocycles. The summed E-state index contributed by atoms with van der Waals surface area (Å²) in [4.78, 5) is 38.8. The molecule has 156 valence electrons. The number of carbonyl (C=O) groups is 3. The number of amides is 3. The Labute approximate surface area is 184 Å². The number of nitrogens with zero attached hydrogens (tertiary/aromatic N) is 2. The fraction of sp³-hybridized carbons (Fsp3) is 0.125. The van der Waals surface area contributed by atoms with E-state index in [4.69, 9.17) is 0 Å². The molecule has 3 aromatic rings. The molecule has 1 aliphatic heterocycles. The van der Waals surface area contributed by atoms with E-state index in [1.54, 1.807) is 30.3 Å². The molecule has 1 saturated heterocycles. The van der Waals surface area contributed by atoms with Crippen LogP contribution in [0.3, 0.4) is 0 Å². The molecule has 1 fully saturated rings. The zero-order valence-electron chi connectivity index (χ0n) is 17.2. The highest BCUT2D eigenvalue weighted by Crippen LogP contribution is 2.33. The molecule has 0 bridgehead atoms. The first-order chi connectivity index (χ1) is 14.9. The van der Waals surface area contributed by atoms with Crippen molar-refractivity contribution in [1.82, 2.24) is 9.47 Å². The highest BCUT2D eigenvalue weighted by molar-refractivity contribution is 8.18. The second-order valence-corrected chi connectivity index (χ2v) is 8.17. The summed E-state index contributed by atoms with van der Waals surface area (Å²) in [5, 5.41) is 2.25. The van der Waals surface area contributed by atoms with E-state index in [1.807, 2.05) is 56.3 Å². The lowest BCUT2D eigenvalue weighted by atomic mass is 10.2. The van der Waals surface area contributed by atoms with Gasteiger partial charge in [-0.15, -0.1) is 0 Å². The molecule has 31 heavy (non-hydrogen) atoms. The highest BCUT2D eigenvalue weighted by Gasteiger charge is 2.36. The van der Waals surface area contributed by atoms with Crippen LogP contribution in [0.5, 0.6) is 0 Å². The first-order valence-corrected chi connectivity index (χ1v) is 10.6. The van der Waals surface area contributed by atoms with Gasteiger partial charge in [0.1, 0.15) is 6.54 Å². The molecule has 0 radical (unpaired) electrons. The number of rotatable bonds is 5. The van der Waals surface area contributed by atoms with Crippen LogP contribution in [0.4, 0.5) is 10.5 Å². The van der Waals surface area contributed by atoms with Crippen molar-refractivity contribution >= 4 is 40.6 Å². The molecule has 3 amide bonds. The minimum absolute atomic E-state index is 0.311. The number of aryl methyl sites for hydroxylation is 1. The molecule has 2 aromatic carbocycles. The van der Waals surface area contributed by atoms with Crippen LogP contribution in [0, 0.1) is 13.8 Å². The first kappa shape index (κ1) is 20.7. The molecule has 0 spiro atoms. The fourth-order valence-corrected chi connectivity index (χ4v) is 4.38.